The molecule has 7 nitrogen and oxygen atoms in total. The molecule has 0 aromatic rings. The molecule has 2 N–H and O–H groups in total. The second kappa shape index (κ2) is 7.42. The number of carbonyl (C=O) groups excluding carboxylic acids is 3. The first-order valence-corrected chi connectivity index (χ1v) is 3.95. The van der Waals surface area contributed by atoms with Crippen LogP contribution < -0.4 is 0 Å². The SMILES string of the molecule is CC(C(=O)OC(=O)C(=O)OB(O)O)C(F)(F)F.[LiH]. The molecule has 0 aromatic carbocycles. The summed E-state index contributed by atoms with van der Waals surface area (Å²) in [5.74, 6) is -8.72. The van der Waals surface area contributed by atoms with Crippen molar-refractivity contribution in [1.82, 2.24) is 0 Å². The molecule has 0 bridgehead atoms. The van der Waals surface area contributed by atoms with Gasteiger partial charge in [-0.15, -0.1) is 0 Å². The second-order valence-electron chi connectivity index (χ2n) is 2.70. The normalized spacial score (nSPS) is 11.9. The summed E-state index contributed by atoms with van der Waals surface area (Å²) in [7, 11) is -2.65. The van der Waals surface area contributed by atoms with Crippen molar-refractivity contribution in [2.45, 2.75) is 13.1 Å². The number of rotatable bonds is 2. The zero-order valence-corrected chi connectivity index (χ0v) is 8.22. The molecule has 1 atom stereocenters. The molecular formula is C6H7BF3LiO7. The maximum atomic E-state index is 12.0. The van der Waals surface area contributed by atoms with Crippen molar-refractivity contribution in [2.75, 3.05) is 0 Å². The van der Waals surface area contributed by atoms with E-state index in [9.17, 15) is 27.6 Å². The van der Waals surface area contributed by atoms with E-state index in [4.69, 9.17) is 10.0 Å². The summed E-state index contributed by atoms with van der Waals surface area (Å²) in [6.45, 7) is 0.418. The number of esters is 2. The van der Waals surface area contributed by atoms with Crippen molar-refractivity contribution in [2.24, 2.45) is 5.92 Å². The summed E-state index contributed by atoms with van der Waals surface area (Å²) in [6.07, 6.45) is -4.93. The molecule has 0 aliphatic rings. The standard InChI is InChI=1S/C6H6BF3O7.Li.H/c1-2(6(8,9)10)3(11)16-4(12)5(13)17-7(14)15;;/h2,14-15H,1H3;;. The van der Waals surface area contributed by atoms with Crippen LogP contribution in [0.3, 0.4) is 0 Å². The first kappa shape index (κ1) is 19.3. The topological polar surface area (TPSA) is 110 Å². The van der Waals surface area contributed by atoms with Crippen LogP contribution >= 0.6 is 0 Å². The zero-order valence-electron chi connectivity index (χ0n) is 8.22. The number of hydrogen-bond acceptors (Lipinski definition) is 7. The number of carbonyl (C=O) groups is 3. The minimum absolute atomic E-state index is 0. The Morgan fingerprint density at radius 1 is 1.17 bits per heavy atom. The van der Waals surface area contributed by atoms with Crippen LogP contribution in [-0.4, -0.2) is 60.3 Å². The third kappa shape index (κ3) is 6.65. The van der Waals surface area contributed by atoms with Crippen molar-refractivity contribution in [3.05, 3.63) is 0 Å². The Balaban J connectivity index is 0. The van der Waals surface area contributed by atoms with Crippen LogP contribution in [0, 0.1) is 5.92 Å². The molecule has 0 aromatic heterocycles. The first-order chi connectivity index (χ1) is 7.55. The molecule has 0 aliphatic heterocycles. The van der Waals surface area contributed by atoms with E-state index in [1.54, 1.807) is 0 Å². The molecule has 0 saturated heterocycles. The third-order valence-corrected chi connectivity index (χ3v) is 1.42. The van der Waals surface area contributed by atoms with Gasteiger partial charge in [0, 0.05) is 0 Å². The summed E-state index contributed by atoms with van der Waals surface area (Å²) >= 11 is 0. The fraction of sp³-hybridized carbons (Fsp3) is 0.500. The molecule has 0 spiro atoms. The van der Waals surface area contributed by atoms with Crippen LogP contribution in [0.1, 0.15) is 6.92 Å². The molecule has 0 fully saturated rings. The molecule has 12 heteroatoms. The van der Waals surface area contributed by atoms with Crippen LogP contribution in [0.15, 0.2) is 0 Å². The number of halogens is 3. The Kier molecular flexibility index (Phi) is 7.97. The maximum absolute atomic E-state index is 12.0. The number of hydrogen-bond donors (Lipinski definition) is 2. The predicted octanol–water partition coefficient (Wildman–Crippen LogP) is -1.88. The van der Waals surface area contributed by atoms with Gasteiger partial charge in [-0.3, -0.25) is 4.79 Å². The van der Waals surface area contributed by atoms with Gasteiger partial charge >= 0.3 is 50.3 Å². The number of alkyl halides is 3. The van der Waals surface area contributed by atoms with E-state index in [-0.39, 0.29) is 18.9 Å². The molecular weight excluding hydrogens is 259 g/mol. The monoisotopic (exact) mass is 266 g/mol. The number of ether oxygens (including phenoxy) is 1. The Hall–Kier alpha value is -1.02. The minimum atomic E-state index is -4.93. The van der Waals surface area contributed by atoms with E-state index in [1.807, 2.05) is 0 Å². The van der Waals surface area contributed by atoms with E-state index >= 15 is 0 Å². The molecule has 0 aliphatic carbocycles. The first-order valence-electron chi connectivity index (χ1n) is 3.95. The van der Waals surface area contributed by atoms with Crippen LogP contribution in [0.25, 0.3) is 0 Å². The molecule has 0 saturated carbocycles. The Morgan fingerprint density at radius 2 is 1.61 bits per heavy atom. The summed E-state index contributed by atoms with van der Waals surface area (Å²) in [5.41, 5.74) is 0. The third-order valence-electron chi connectivity index (χ3n) is 1.42. The summed E-state index contributed by atoms with van der Waals surface area (Å²) in [5, 5.41) is 16.2. The summed E-state index contributed by atoms with van der Waals surface area (Å²) in [6, 6.07) is 0. The van der Waals surface area contributed by atoms with Gasteiger partial charge in [-0.25, -0.2) is 9.59 Å². The molecule has 98 valence electrons. The van der Waals surface area contributed by atoms with Crippen molar-refractivity contribution in [3.63, 3.8) is 0 Å². The van der Waals surface area contributed by atoms with Gasteiger partial charge in [-0.1, -0.05) is 0 Å². The summed E-state index contributed by atoms with van der Waals surface area (Å²) in [4.78, 5) is 31.8. The van der Waals surface area contributed by atoms with Crippen LogP contribution in [0.2, 0.25) is 0 Å². The fourth-order valence-corrected chi connectivity index (χ4v) is 0.499. The van der Waals surface area contributed by atoms with Crippen molar-refractivity contribution in [1.29, 1.82) is 0 Å². The van der Waals surface area contributed by atoms with Gasteiger partial charge in [0.25, 0.3) is 0 Å². The van der Waals surface area contributed by atoms with Gasteiger partial charge in [0.2, 0.25) is 0 Å². The van der Waals surface area contributed by atoms with E-state index in [2.05, 4.69) is 9.39 Å². The van der Waals surface area contributed by atoms with Gasteiger partial charge in [-0.05, 0) is 6.92 Å². The van der Waals surface area contributed by atoms with Crippen molar-refractivity contribution >= 4 is 44.1 Å². The van der Waals surface area contributed by atoms with Gasteiger partial charge in [-0.2, -0.15) is 13.2 Å². The zero-order chi connectivity index (χ0) is 13.8. The molecule has 0 heterocycles. The molecule has 0 radical (unpaired) electrons. The van der Waals surface area contributed by atoms with Gasteiger partial charge < -0.3 is 19.4 Å². The predicted molar refractivity (Wildman–Crippen MR) is 49.8 cm³/mol. The van der Waals surface area contributed by atoms with Crippen LogP contribution in [-0.2, 0) is 23.8 Å². The average Bonchev–Trinajstić information content (AvgIpc) is 2.13. The van der Waals surface area contributed by atoms with E-state index in [0.29, 0.717) is 6.92 Å². The van der Waals surface area contributed by atoms with Crippen molar-refractivity contribution in [3.8, 4) is 0 Å². The fourth-order valence-electron chi connectivity index (χ4n) is 0.499. The molecule has 1 unspecified atom stereocenters. The Labute approximate surface area is 111 Å². The molecule has 18 heavy (non-hydrogen) atoms. The molecule has 0 amide bonds. The average molecular weight is 266 g/mol. The summed E-state index contributed by atoms with van der Waals surface area (Å²) < 4.78 is 42.8. The Bertz CT molecular complexity index is 332. The van der Waals surface area contributed by atoms with Crippen LogP contribution in [0.5, 0.6) is 0 Å². The Morgan fingerprint density at radius 3 is 1.94 bits per heavy atom. The van der Waals surface area contributed by atoms with Gasteiger partial charge in [0.15, 0.2) is 0 Å². The van der Waals surface area contributed by atoms with Crippen LogP contribution in [0.4, 0.5) is 13.2 Å². The van der Waals surface area contributed by atoms with E-state index in [1.165, 1.54) is 0 Å². The van der Waals surface area contributed by atoms with Gasteiger partial charge in [0.05, 0.1) is 0 Å². The van der Waals surface area contributed by atoms with Gasteiger partial charge in [0.1, 0.15) is 5.92 Å². The van der Waals surface area contributed by atoms with E-state index in [0.717, 1.165) is 0 Å². The second-order valence-corrected chi connectivity index (χ2v) is 2.70. The molecule has 0 rings (SSSR count). The van der Waals surface area contributed by atoms with E-state index < -0.39 is 37.3 Å². The van der Waals surface area contributed by atoms with Crippen molar-refractivity contribution < 1.29 is 47.0 Å². The quantitative estimate of drug-likeness (QED) is 0.260.